The van der Waals surface area contributed by atoms with Crippen molar-refractivity contribution in [1.29, 1.82) is 0 Å². The van der Waals surface area contributed by atoms with Gasteiger partial charge in [0.25, 0.3) is 0 Å². The summed E-state index contributed by atoms with van der Waals surface area (Å²) in [5, 5.41) is 12.7. The van der Waals surface area contributed by atoms with Gasteiger partial charge in [-0.15, -0.1) is 0 Å². The molecule has 8 unspecified atom stereocenters. The molecule has 4 amide bonds. The lowest BCUT2D eigenvalue weighted by Crippen LogP contribution is -2.93. The van der Waals surface area contributed by atoms with Crippen molar-refractivity contribution in [2.45, 2.75) is 99.4 Å². The number of aromatic nitrogens is 4. The van der Waals surface area contributed by atoms with Crippen LogP contribution in [0.25, 0.3) is 0 Å². The predicted molar refractivity (Wildman–Crippen MR) is 459 cm³/mol. The van der Waals surface area contributed by atoms with Crippen molar-refractivity contribution in [3.8, 4) is 0 Å². The topological polar surface area (TPSA) is 144 Å². The van der Waals surface area contributed by atoms with Crippen molar-refractivity contribution in [2.24, 2.45) is 0 Å². The minimum Gasteiger partial charge on any atom is -0.354 e. The molecule has 598 valence electrons. The molecule has 17 nitrogen and oxygen atoms in total. The predicted octanol–water partition coefficient (Wildman–Crippen LogP) is 15.6. The van der Waals surface area contributed by atoms with Crippen molar-refractivity contribution in [3.63, 3.8) is 0 Å². The Labute approximate surface area is 706 Å². The quantitative estimate of drug-likeness (QED) is 0.0509. The molecule has 23 heteroatoms. The van der Waals surface area contributed by atoms with Gasteiger partial charge in [0.2, 0.25) is 23.6 Å². The van der Waals surface area contributed by atoms with E-state index in [-0.39, 0.29) is 95.0 Å². The van der Waals surface area contributed by atoms with Crippen LogP contribution in [0.3, 0.4) is 0 Å². The van der Waals surface area contributed by atoms with Crippen molar-refractivity contribution >= 4 is 81.6 Å². The number of piperazine rings is 1. The van der Waals surface area contributed by atoms with Gasteiger partial charge in [0, 0.05) is 167 Å². The molecule has 0 bridgehead atoms. The van der Waals surface area contributed by atoms with E-state index in [0.29, 0.717) is 81.3 Å². The number of fused-ring (bicyclic) bond motifs is 4. The monoisotopic (exact) mass is 1660 g/mol. The summed E-state index contributed by atoms with van der Waals surface area (Å²) >= 11 is 37.6. The van der Waals surface area contributed by atoms with E-state index in [1.54, 1.807) is 18.2 Å². The second kappa shape index (κ2) is 34.9. The fraction of sp³-hybridized carbons (Fsp3) is 0.277. The van der Waals surface area contributed by atoms with Gasteiger partial charge in [-0.05, 0) is 154 Å². The molecule has 17 rings (SSSR count). The van der Waals surface area contributed by atoms with Gasteiger partial charge in [0.15, 0.2) is 11.1 Å². The molecule has 0 saturated carbocycles. The molecule has 5 aliphatic rings. The van der Waals surface area contributed by atoms with Crippen molar-refractivity contribution < 1.29 is 23.6 Å². The van der Waals surface area contributed by atoms with Crippen LogP contribution in [0.2, 0.25) is 25.1 Å². The Hall–Kier alpha value is -10.1. The number of nitrogens with one attached hydrogen (secondary N) is 3. The van der Waals surface area contributed by atoms with Crippen LogP contribution in [0.1, 0.15) is 91.5 Å². The van der Waals surface area contributed by atoms with Crippen molar-refractivity contribution in [2.75, 3.05) is 65.4 Å². The summed E-state index contributed by atoms with van der Waals surface area (Å²) in [6.45, 7) is 2.52. The molecule has 1 fully saturated rings. The molecule has 0 radical (unpaired) electrons. The van der Waals surface area contributed by atoms with Crippen LogP contribution in [-0.2, 0) is 71.3 Å². The molecule has 5 aliphatic heterocycles. The maximum absolute atomic E-state index is 20.2. The number of rotatable bonds is 25. The first-order valence-electron chi connectivity index (χ1n) is 40.2. The summed E-state index contributed by atoms with van der Waals surface area (Å²) in [5.74, 6) is -3.12. The largest absolute Gasteiger partial charge is 0.354 e. The van der Waals surface area contributed by atoms with Crippen LogP contribution in [0.5, 0.6) is 0 Å². The Morgan fingerprint density at radius 1 is 0.376 bits per heavy atom. The molecule has 8 aromatic carbocycles. The van der Waals surface area contributed by atoms with Crippen molar-refractivity contribution in [1.82, 2.24) is 63.6 Å². The van der Waals surface area contributed by atoms with Gasteiger partial charge in [-0.25, -0.2) is 4.39 Å². The van der Waals surface area contributed by atoms with Gasteiger partial charge in [0.1, 0.15) is 17.9 Å². The van der Waals surface area contributed by atoms with Gasteiger partial charge < -0.3 is 39.1 Å². The minimum absolute atomic E-state index is 0.0365. The van der Waals surface area contributed by atoms with Crippen LogP contribution in [0, 0.1) is 5.82 Å². The lowest BCUT2D eigenvalue weighted by molar-refractivity contribution is -0.203. The zero-order valence-corrected chi connectivity index (χ0v) is 68.4. The summed E-state index contributed by atoms with van der Waals surface area (Å²) in [4.78, 5) is 91.7. The first kappa shape index (κ1) is 79.4. The number of hydrogen-bond acceptors (Lipinski definition) is 9. The maximum Gasteiger partial charge on any atom is 0.245 e. The van der Waals surface area contributed by atoms with E-state index < -0.39 is 76.8 Å². The first-order chi connectivity index (χ1) is 57.2. The highest BCUT2D eigenvalue weighted by Gasteiger charge is 2.80. The van der Waals surface area contributed by atoms with Gasteiger partial charge in [-0.2, -0.15) is 0 Å². The Morgan fingerprint density at radius 2 is 0.829 bits per heavy atom. The lowest BCUT2D eigenvalue weighted by Gasteiger charge is -2.68. The number of hydrogen-bond donors (Lipinski definition) is 3. The second-order valence-corrected chi connectivity index (χ2v) is 33.1. The summed E-state index contributed by atoms with van der Waals surface area (Å²) in [6, 6.07) is 72.6. The summed E-state index contributed by atoms with van der Waals surface area (Å²) in [5.41, 5.74) is 3.13. The maximum atomic E-state index is 20.2. The third-order valence-corrected chi connectivity index (χ3v) is 26.3. The molecule has 117 heavy (non-hydrogen) atoms. The fourth-order valence-electron chi connectivity index (χ4n) is 19.4. The number of halogens is 6. The number of carbonyl (C=O) groups is 4. The third kappa shape index (κ3) is 15.4. The number of benzene rings is 8. The summed E-state index contributed by atoms with van der Waals surface area (Å²) in [7, 11) is 0. The van der Waals surface area contributed by atoms with E-state index in [9.17, 15) is 0 Å². The molecule has 0 spiro atoms. The van der Waals surface area contributed by atoms with Crippen LogP contribution < -0.4 is 16.0 Å². The highest BCUT2D eigenvalue weighted by atomic mass is 35.5. The molecule has 8 atom stereocenters. The van der Waals surface area contributed by atoms with Gasteiger partial charge in [0.05, 0.1) is 34.2 Å². The van der Waals surface area contributed by atoms with E-state index in [4.69, 9.17) is 58.0 Å². The average Bonchev–Trinajstić information content (AvgIpc) is 1.29. The highest BCUT2D eigenvalue weighted by molar-refractivity contribution is 6.42. The third-order valence-electron chi connectivity index (χ3n) is 24.6. The van der Waals surface area contributed by atoms with E-state index in [1.165, 1.54) is 12.1 Å². The molecule has 1 saturated heterocycles. The SMILES string of the molecule is O=C(NCCc1ccccc1)C(N1CCn2cccc2C1c1ccc(Cl)cc1)C(C(=O)NCCc1ccccc1)(N1CCn2cccc2C1c1ccccc1Cl)C(C(=O)NCc1ccc(F)cc1)(C(C(=O)N1CCN(Cc2ccccc2)CC1)N1CCn2cccc2C1c1ccccc1Cl)N1CCn2cccc2C1c1ccc(Cl)c(Cl)c1. The molecule has 0 aliphatic carbocycles. The fourth-order valence-corrected chi connectivity index (χ4v) is 20.3. The van der Waals surface area contributed by atoms with E-state index in [2.05, 4.69) is 76.9 Å². The lowest BCUT2D eigenvalue weighted by atomic mass is 9.59. The van der Waals surface area contributed by atoms with Gasteiger partial charge in [-0.1, -0.05) is 216 Å². The average molecular weight is 1660 g/mol. The summed E-state index contributed by atoms with van der Waals surface area (Å²) < 4.78 is 24.4. The van der Waals surface area contributed by atoms with Crippen LogP contribution >= 0.6 is 58.0 Å². The van der Waals surface area contributed by atoms with Crippen LogP contribution in [0.15, 0.2) is 280 Å². The summed E-state index contributed by atoms with van der Waals surface area (Å²) in [6.07, 6.45) is 8.74. The number of carbonyl (C=O) groups excluding carboxylic acids is 4. The Bertz CT molecular complexity index is 5510. The molecule has 9 heterocycles. The minimum atomic E-state index is -2.86. The van der Waals surface area contributed by atoms with Gasteiger partial charge >= 0.3 is 0 Å². The molecule has 12 aromatic rings. The van der Waals surface area contributed by atoms with E-state index in [0.717, 1.165) is 33.6 Å². The smallest absolute Gasteiger partial charge is 0.245 e. The van der Waals surface area contributed by atoms with E-state index in [1.807, 2.05) is 236 Å². The zero-order chi connectivity index (χ0) is 80.3. The zero-order valence-electron chi connectivity index (χ0n) is 64.6. The van der Waals surface area contributed by atoms with Gasteiger partial charge in [-0.3, -0.25) is 43.7 Å². The molecule has 3 N–H and O–H groups in total. The highest BCUT2D eigenvalue weighted by Crippen LogP contribution is 2.58. The normalized spacial score (nSPS) is 19.5. The Morgan fingerprint density at radius 3 is 1.38 bits per heavy atom. The number of amides is 4. The second-order valence-electron chi connectivity index (χ2n) is 31.0. The van der Waals surface area contributed by atoms with Crippen LogP contribution in [-0.4, -0.2) is 160 Å². The Kier molecular flexibility index (Phi) is 23.7. The first-order valence-corrected chi connectivity index (χ1v) is 42.1. The molecular weight excluding hydrogens is 1570 g/mol. The standard InChI is InChI=1S/C94H91Cl5FN13O4/c95-71-37-34-69(35-38-71)83-79-28-14-46-105(79)54-58-110(83)87(89(114)101-44-42-65-18-4-1-5-19-65)93(91(116)102-45-43-66-20-6-2-7-21-66,113-61-57-108-49-17-31-82(108)86(113)74-25-11-13-27-76(74)97)94(92(117)103-63-67-32-39-72(100)40-33-67,112-60-56-107-48-15-29-80(107)84(112)70-36-41-77(98)78(99)62-70)88(90(115)109-52-50-104(51-53-109)64-68-22-8-3-9-23-68)111-59-55-106-47-16-30-81(106)85(111)73-24-10-12-26-75(73)96/h1-41,46-49,62,83-88H,42-45,50-61,63-64H2,(H,101,114)(H,102,116)(H,103,117). The van der Waals surface area contributed by atoms with E-state index >= 15 is 23.6 Å². The van der Waals surface area contributed by atoms with Crippen molar-refractivity contribution in [3.05, 3.63) is 378 Å². The van der Waals surface area contributed by atoms with Crippen LogP contribution in [0.4, 0.5) is 4.39 Å². The molecule has 4 aromatic heterocycles. The Balaban J connectivity index is 1.08. The number of nitrogens with zero attached hydrogens (tertiary/aromatic N) is 10. The molecular formula is C94H91Cl5FN13O4.